The third kappa shape index (κ3) is 3.57. The van der Waals surface area contributed by atoms with Gasteiger partial charge in [0, 0.05) is 35.9 Å². The standard InChI is InChI=1S/C19H19ClN2O3/c20-14-1-6-17-13(11-14)12-18(25-17)19(23)21-15-2-4-16(5-3-15)22-7-9-24-10-8-22/h1-6,11,18H,7-10,12H2,(H,21,23)/t18-/m1/s1. The van der Waals surface area contributed by atoms with Gasteiger partial charge in [0.1, 0.15) is 5.75 Å². The van der Waals surface area contributed by atoms with E-state index in [1.54, 1.807) is 6.07 Å². The fourth-order valence-corrected chi connectivity index (χ4v) is 3.36. The van der Waals surface area contributed by atoms with Gasteiger partial charge in [0.25, 0.3) is 5.91 Å². The monoisotopic (exact) mass is 358 g/mol. The van der Waals surface area contributed by atoms with E-state index in [4.69, 9.17) is 21.1 Å². The van der Waals surface area contributed by atoms with E-state index in [1.165, 1.54) is 0 Å². The van der Waals surface area contributed by atoms with Crippen LogP contribution in [0.15, 0.2) is 42.5 Å². The SMILES string of the molecule is O=C(Nc1ccc(N2CCOCC2)cc1)[C@H]1Cc2cc(Cl)ccc2O1. The zero-order valence-corrected chi connectivity index (χ0v) is 14.5. The molecule has 2 aliphatic heterocycles. The van der Waals surface area contributed by atoms with Gasteiger partial charge in [-0.15, -0.1) is 0 Å². The number of morpholine rings is 1. The summed E-state index contributed by atoms with van der Waals surface area (Å²) in [5, 5.41) is 3.58. The van der Waals surface area contributed by atoms with E-state index in [0.717, 1.165) is 49.0 Å². The van der Waals surface area contributed by atoms with Gasteiger partial charge in [-0.05, 0) is 48.0 Å². The first kappa shape index (κ1) is 16.2. The van der Waals surface area contributed by atoms with Crippen molar-refractivity contribution in [2.45, 2.75) is 12.5 Å². The first-order chi connectivity index (χ1) is 12.2. The molecule has 5 nitrogen and oxygen atoms in total. The number of rotatable bonds is 3. The predicted molar refractivity (Wildman–Crippen MR) is 97.7 cm³/mol. The summed E-state index contributed by atoms with van der Waals surface area (Å²) < 4.78 is 11.1. The molecule has 0 aromatic heterocycles. The van der Waals surface area contributed by atoms with Gasteiger partial charge in [0.05, 0.1) is 13.2 Å². The minimum absolute atomic E-state index is 0.147. The third-order valence-corrected chi connectivity index (χ3v) is 4.74. The number of nitrogens with one attached hydrogen (secondary N) is 1. The highest BCUT2D eigenvalue weighted by Gasteiger charge is 2.29. The second-order valence-electron chi connectivity index (χ2n) is 6.20. The summed E-state index contributed by atoms with van der Waals surface area (Å²) in [6.45, 7) is 3.29. The third-order valence-electron chi connectivity index (χ3n) is 4.50. The Kier molecular flexibility index (Phi) is 4.51. The number of halogens is 1. The van der Waals surface area contributed by atoms with Crippen LogP contribution in [-0.2, 0) is 16.0 Å². The Labute approximate surface area is 151 Å². The van der Waals surface area contributed by atoms with E-state index in [-0.39, 0.29) is 5.91 Å². The van der Waals surface area contributed by atoms with Gasteiger partial charge in [0.15, 0.2) is 6.10 Å². The molecule has 1 saturated heterocycles. The van der Waals surface area contributed by atoms with Crippen LogP contribution in [0.3, 0.4) is 0 Å². The van der Waals surface area contributed by atoms with Gasteiger partial charge in [-0.1, -0.05) is 11.6 Å². The summed E-state index contributed by atoms with van der Waals surface area (Å²) in [4.78, 5) is 14.7. The number of benzene rings is 2. The van der Waals surface area contributed by atoms with Crippen molar-refractivity contribution >= 4 is 28.9 Å². The van der Waals surface area contributed by atoms with Crippen LogP contribution in [0.1, 0.15) is 5.56 Å². The zero-order chi connectivity index (χ0) is 17.2. The van der Waals surface area contributed by atoms with E-state index in [0.29, 0.717) is 11.4 Å². The highest BCUT2D eigenvalue weighted by atomic mass is 35.5. The summed E-state index contributed by atoms with van der Waals surface area (Å²) in [6.07, 6.45) is 0.0144. The Morgan fingerprint density at radius 1 is 1.12 bits per heavy atom. The number of nitrogens with zero attached hydrogens (tertiary/aromatic N) is 1. The Morgan fingerprint density at radius 3 is 2.64 bits per heavy atom. The van der Waals surface area contributed by atoms with Crippen molar-refractivity contribution in [2.75, 3.05) is 36.5 Å². The number of ether oxygens (including phenoxy) is 2. The van der Waals surface area contributed by atoms with Crippen molar-refractivity contribution in [3.8, 4) is 5.75 Å². The number of fused-ring (bicyclic) bond motifs is 1. The van der Waals surface area contributed by atoms with Crippen molar-refractivity contribution < 1.29 is 14.3 Å². The van der Waals surface area contributed by atoms with E-state index in [1.807, 2.05) is 36.4 Å². The molecule has 130 valence electrons. The number of anilines is 2. The van der Waals surface area contributed by atoms with Gasteiger partial charge >= 0.3 is 0 Å². The van der Waals surface area contributed by atoms with Gasteiger partial charge in [-0.25, -0.2) is 0 Å². The summed E-state index contributed by atoms with van der Waals surface area (Å²) in [5.41, 5.74) is 2.87. The molecule has 25 heavy (non-hydrogen) atoms. The lowest BCUT2D eigenvalue weighted by atomic mass is 10.1. The normalized spacial score (nSPS) is 19.2. The molecule has 0 unspecified atom stereocenters. The molecule has 1 atom stereocenters. The van der Waals surface area contributed by atoms with E-state index in [2.05, 4.69) is 10.2 Å². The van der Waals surface area contributed by atoms with Crippen LogP contribution in [0, 0.1) is 0 Å². The highest BCUT2D eigenvalue weighted by molar-refractivity contribution is 6.30. The van der Waals surface area contributed by atoms with Crippen molar-refractivity contribution in [1.29, 1.82) is 0 Å². The van der Waals surface area contributed by atoms with Crippen LogP contribution < -0.4 is 15.0 Å². The van der Waals surface area contributed by atoms with Gasteiger partial charge in [-0.2, -0.15) is 0 Å². The van der Waals surface area contributed by atoms with Crippen molar-refractivity contribution in [3.63, 3.8) is 0 Å². The van der Waals surface area contributed by atoms with Crippen LogP contribution in [0.5, 0.6) is 5.75 Å². The van der Waals surface area contributed by atoms with Gasteiger partial charge in [-0.3, -0.25) is 4.79 Å². The largest absolute Gasteiger partial charge is 0.480 e. The molecule has 2 aromatic carbocycles. The number of carbonyl (C=O) groups excluding carboxylic acids is 1. The minimum Gasteiger partial charge on any atom is -0.480 e. The molecule has 0 saturated carbocycles. The molecule has 0 bridgehead atoms. The summed E-state index contributed by atoms with van der Waals surface area (Å²) in [5.74, 6) is 0.582. The molecule has 0 spiro atoms. The number of hydrogen-bond donors (Lipinski definition) is 1. The maximum absolute atomic E-state index is 12.5. The molecule has 1 fully saturated rings. The average Bonchev–Trinajstić information content (AvgIpc) is 3.06. The molecule has 2 aliphatic rings. The first-order valence-electron chi connectivity index (χ1n) is 8.38. The first-order valence-corrected chi connectivity index (χ1v) is 8.75. The maximum Gasteiger partial charge on any atom is 0.265 e. The Balaban J connectivity index is 1.38. The molecular weight excluding hydrogens is 340 g/mol. The van der Waals surface area contributed by atoms with Crippen LogP contribution in [0.2, 0.25) is 5.02 Å². The van der Waals surface area contributed by atoms with Crippen LogP contribution in [0.25, 0.3) is 0 Å². The van der Waals surface area contributed by atoms with Crippen molar-refractivity contribution in [3.05, 3.63) is 53.1 Å². The molecule has 2 aromatic rings. The quantitative estimate of drug-likeness (QED) is 0.916. The topological polar surface area (TPSA) is 50.8 Å². The van der Waals surface area contributed by atoms with Gasteiger partial charge in [0.2, 0.25) is 0 Å². The van der Waals surface area contributed by atoms with Crippen molar-refractivity contribution in [2.24, 2.45) is 0 Å². The molecule has 1 amide bonds. The molecule has 0 radical (unpaired) electrons. The maximum atomic E-state index is 12.5. The lowest BCUT2D eigenvalue weighted by Crippen LogP contribution is -2.36. The number of carbonyl (C=O) groups is 1. The minimum atomic E-state index is -0.521. The fraction of sp³-hybridized carbons (Fsp3) is 0.316. The molecular formula is C19H19ClN2O3. The molecule has 2 heterocycles. The zero-order valence-electron chi connectivity index (χ0n) is 13.7. The lowest BCUT2D eigenvalue weighted by Gasteiger charge is -2.28. The van der Waals surface area contributed by atoms with Crippen LogP contribution in [0.4, 0.5) is 11.4 Å². The smallest absolute Gasteiger partial charge is 0.265 e. The molecule has 0 aliphatic carbocycles. The lowest BCUT2D eigenvalue weighted by molar-refractivity contribution is -0.122. The summed E-state index contributed by atoms with van der Waals surface area (Å²) in [6, 6.07) is 13.3. The van der Waals surface area contributed by atoms with Crippen molar-refractivity contribution in [1.82, 2.24) is 0 Å². The fourth-order valence-electron chi connectivity index (χ4n) is 3.16. The number of amides is 1. The Morgan fingerprint density at radius 2 is 1.88 bits per heavy atom. The second kappa shape index (κ2) is 6.94. The van der Waals surface area contributed by atoms with E-state index in [9.17, 15) is 4.79 Å². The second-order valence-corrected chi connectivity index (χ2v) is 6.63. The van der Waals surface area contributed by atoms with Crippen LogP contribution >= 0.6 is 11.6 Å². The molecule has 6 heteroatoms. The number of hydrogen-bond acceptors (Lipinski definition) is 4. The average molecular weight is 359 g/mol. The van der Waals surface area contributed by atoms with Gasteiger partial charge < -0.3 is 19.7 Å². The van der Waals surface area contributed by atoms with Crippen LogP contribution in [-0.4, -0.2) is 38.3 Å². The Bertz CT molecular complexity index is 773. The summed E-state index contributed by atoms with van der Waals surface area (Å²) in [7, 11) is 0. The van der Waals surface area contributed by atoms with E-state index < -0.39 is 6.10 Å². The molecule has 1 N–H and O–H groups in total. The summed E-state index contributed by atoms with van der Waals surface area (Å²) >= 11 is 5.99. The molecule has 4 rings (SSSR count). The Hall–Kier alpha value is -2.24. The predicted octanol–water partition coefficient (Wildman–Crippen LogP) is 3.12. The highest BCUT2D eigenvalue weighted by Crippen LogP contribution is 2.31. The van der Waals surface area contributed by atoms with E-state index >= 15 is 0 Å².